The minimum Gasteiger partial charge on any atom is -0.497 e. The third-order valence-corrected chi connectivity index (χ3v) is 5.57. The number of hydrogen-bond donors (Lipinski definition) is 3. The second-order valence-corrected chi connectivity index (χ2v) is 8.30. The van der Waals surface area contributed by atoms with Crippen LogP contribution in [0, 0.1) is 0 Å². The van der Waals surface area contributed by atoms with E-state index in [4.69, 9.17) is 27.9 Å². The Morgan fingerprint density at radius 3 is 2.47 bits per heavy atom. The lowest BCUT2D eigenvalue weighted by Gasteiger charge is -2.20. The molecule has 0 radical (unpaired) electrons. The van der Waals surface area contributed by atoms with Gasteiger partial charge in [0.2, 0.25) is 5.91 Å². The maximum atomic E-state index is 12.7. The molecule has 2 atom stereocenters. The molecule has 9 heteroatoms. The average Bonchev–Trinajstić information content (AvgIpc) is 2.74. The van der Waals surface area contributed by atoms with Gasteiger partial charge in [0.05, 0.1) is 23.8 Å². The van der Waals surface area contributed by atoms with Gasteiger partial charge in [-0.3, -0.25) is 9.59 Å². The second kappa shape index (κ2) is 12.1. The summed E-state index contributed by atoms with van der Waals surface area (Å²) < 4.78 is 5.09. The molecule has 2 unspecified atom stereocenters. The van der Waals surface area contributed by atoms with Crippen LogP contribution in [0.5, 0.6) is 5.75 Å². The lowest BCUT2D eigenvalue weighted by Crippen LogP contribution is -2.48. The first-order valence-corrected chi connectivity index (χ1v) is 11.3. The van der Waals surface area contributed by atoms with Crippen LogP contribution in [0.1, 0.15) is 28.4 Å². The molecule has 0 fully saturated rings. The minimum absolute atomic E-state index is 0.0124. The highest BCUT2D eigenvalue weighted by atomic mass is 35.5. The number of thioether (sulfide) groups is 1. The molecule has 0 bridgehead atoms. The number of carbonyl (C=O) groups is 2. The van der Waals surface area contributed by atoms with Crippen molar-refractivity contribution < 1.29 is 19.4 Å². The van der Waals surface area contributed by atoms with Gasteiger partial charge in [0.15, 0.2) is 0 Å². The summed E-state index contributed by atoms with van der Waals surface area (Å²) in [7, 11) is 1.56. The van der Waals surface area contributed by atoms with E-state index in [-0.39, 0.29) is 23.0 Å². The molecule has 0 aromatic heterocycles. The van der Waals surface area contributed by atoms with Gasteiger partial charge in [-0.05, 0) is 54.3 Å². The molecule has 162 valence electrons. The van der Waals surface area contributed by atoms with Crippen molar-refractivity contribution in [1.29, 1.82) is 0 Å². The monoisotopic (exact) mass is 470 g/mol. The van der Waals surface area contributed by atoms with Gasteiger partial charge in [0.25, 0.3) is 5.91 Å². The van der Waals surface area contributed by atoms with Gasteiger partial charge in [-0.15, -0.1) is 0 Å². The summed E-state index contributed by atoms with van der Waals surface area (Å²) in [6.45, 7) is 0.0124. The summed E-state index contributed by atoms with van der Waals surface area (Å²) >= 11 is 13.5. The molecule has 30 heavy (non-hydrogen) atoms. The number of hydrogen-bond acceptors (Lipinski definition) is 5. The summed E-state index contributed by atoms with van der Waals surface area (Å²) in [5, 5.41) is 16.4. The lowest BCUT2D eigenvalue weighted by molar-refractivity contribution is -0.123. The first-order chi connectivity index (χ1) is 14.3. The number of benzene rings is 2. The number of ether oxygens (including phenoxy) is 1. The Hall–Kier alpha value is -1.93. The Morgan fingerprint density at radius 1 is 1.17 bits per heavy atom. The highest BCUT2D eigenvalue weighted by Crippen LogP contribution is 2.21. The molecule has 0 spiro atoms. The van der Waals surface area contributed by atoms with Crippen molar-refractivity contribution in [3.8, 4) is 5.75 Å². The molecule has 0 saturated heterocycles. The Bertz CT molecular complexity index is 865. The number of methoxy groups -OCH3 is 1. The molecule has 0 aliphatic rings. The van der Waals surface area contributed by atoms with E-state index in [1.807, 2.05) is 6.26 Å². The molecule has 2 aromatic rings. The molecule has 2 rings (SSSR count). The zero-order valence-electron chi connectivity index (χ0n) is 16.7. The van der Waals surface area contributed by atoms with Crippen molar-refractivity contribution in [3.63, 3.8) is 0 Å². The van der Waals surface area contributed by atoms with Crippen LogP contribution in [0.25, 0.3) is 0 Å². The number of aliphatic hydroxyl groups is 1. The molecule has 3 N–H and O–H groups in total. The van der Waals surface area contributed by atoms with Gasteiger partial charge in [-0.25, -0.2) is 0 Å². The average molecular weight is 471 g/mol. The fourth-order valence-electron chi connectivity index (χ4n) is 2.68. The van der Waals surface area contributed by atoms with Crippen LogP contribution >= 0.6 is 35.0 Å². The summed E-state index contributed by atoms with van der Waals surface area (Å²) in [5.41, 5.74) is 0.884. The van der Waals surface area contributed by atoms with Crippen molar-refractivity contribution >= 4 is 46.8 Å². The molecule has 6 nitrogen and oxygen atoms in total. The van der Waals surface area contributed by atoms with Gasteiger partial charge in [-0.1, -0.05) is 35.3 Å². The summed E-state index contributed by atoms with van der Waals surface area (Å²) in [6, 6.07) is 10.7. The second-order valence-electron chi connectivity index (χ2n) is 6.47. The molecular formula is C21H24Cl2N2O4S. The van der Waals surface area contributed by atoms with Crippen LogP contribution in [-0.2, 0) is 4.79 Å². The minimum atomic E-state index is -0.887. The van der Waals surface area contributed by atoms with Crippen molar-refractivity contribution in [2.24, 2.45) is 0 Å². The van der Waals surface area contributed by atoms with E-state index < -0.39 is 18.1 Å². The van der Waals surface area contributed by atoms with E-state index in [0.29, 0.717) is 28.5 Å². The number of amides is 2. The third-order valence-electron chi connectivity index (χ3n) is 4.38. The highest BCUT2D eigenvalue weighted by Gasteiger charge is 2.23. The molecule has 0 aliphatic heterocycles. The lowest BCUT2D eigenvalue weighted by atomic mass is 10.1. The van der Waals surface area contributed by atoms with E-state index >= 15 is 0 Å². The summed E-state index contributed by atoms with van der Waals surface area (Å²) in [6.07, 6.45) is 1.46. The highest BCUT2D eigenvalue weighted by molar-refractivity contribution is 7.98. The first kappa shape index (κ1) is 24.3. The van der Waals surface area contributed by atoms with E-state index in [0.717, 1.165) is 0 Å². The van der Waals surface area contributed by atoms with Gasteiger partial charge in [0.1, 0.15) is 11.8 Å². The normalized spacial score (nSPS) is 12.7. The van der Waals surface area contributed by atoms with Crippen LogP contribution in [0.15, 0.2) is 42.5 Å². The molecule has 2 aromatic carbocycles. The first-order valence-electron chi connectivity index (χ1n) is 9.20. The molecule has 0 heterocycles. The predicted octanol–water partition coefficient (Wildman–Crippen LogP) is 3.70. The Morgan fingerprint density at radius 2 is 1.87 bits per heavy atom. The maximum absolute atomic E-state index is 12.7. The Kier molecular flexibility index (Phi) is 9.78. The third kappa shape index (κ3) is 7.09. The van der Waals surface area contributed by atoms with Crippen LogP contribution in [0.2, 0.25) is 10.0 Å². The van der Waals surface area contributed by atoms with E-state index in [9.17, 15) is 14.7 Å². The van der Waals surface area contributed by atoms with Gasteiger partial charge in [-0.2, -0.15) is 11.8 Å². The van der Waals surface area contributed by atoms with Crippen LogP contribution in [0.4, 0.5) is 0 Å². The number of halogens is 2. The molecule has 2 amide bonds. The number of carbonyl (C=O) groups excluding carboxylic acids is 2. The van der Waals surface area contributed by atoms with Crippen LogP contribution in [0.3, 0.4) is 0 Å². The maximum Gasteiger partial charge on any atom is 0.253 e. The van der Waals surface area contributed by atoms with Crippen molar-refractivity contribution in [2.45, 2.75) is 18.6 Å². The summed E-state index contributed by atoms with van der Waals surface area (Å²) in [5.74, 6) is 0.507. The molecule has 0 saturated carbocycles. The van der Waals surface area contributed by atoms with E-state index in [2.05, 4.69) is 10.6 Å². The fourth-order valence-corrected chi connectivity index (χ4v) is 3.64. The van der Waals surface area contributed by atoms with Crippen LogP contribution in [-0.4, -0.2) is 48.6 Å². The topological polar surface area (TPSA) is 87.7 Å². The summed E-state index contributed by atoms with van der Waals surface area (Å²) in [4.78, 5) is 25.3. The zero-order chi connectivity index (χ0) is 22.1. The SMILES string of the molecule is COc1ccc(C(O)CNC(=O)C(CCSC)NC(=O)c2ccc(Cl)cc2Cl)cc1. The fraction of sp³-hybridized carbons (Fsp3) is 0.333. The Labute approximate surface area is 190 Å². The standard InChI is InChI=1S/C21H24Cl2N2O4S/c1-29-15-6-3-13(4-7-15)19(26)12-24-21(28)18(9-10-30-2)25-20(27)16-8-5-14(22)11-17(16)23/h3-8,11,18-19,26H,9-10,12H2,1-2H3,(H,24,28)(H,25,27). The van der Waals surface area contributed by atoms with Crippen molar-refractivity contribution in [3.05, 3.63) is 63.6 Å². The molecule has 0 aliphatic carbocycles. The van der Waals surface area contributed by atoms with Crippen molar-refractivity contribution in [1.82, 2.24) is 10.6 Å². The van der Waals surface area contributed by atoms with E-state index in [1.54, 1.807) is 49.2 Å². The van der Waals surface area contributed by atoms with Gasteiger partial charge < -0.3 is 20.5 Å². The van der Waals surface area contributed by atoms with Crippen molar-refractivity contribution in [2.75, 3.05) is 25.7 Å². The van der Waals surface area contributed by atoms with E-state index in [1.165, 1.54) is 12.1 Å². The number of aliphatic hydroxyl groups excluding tert-OH is 1. The molecular weight excluding hydrogens is 447 g/mol. The smallest absolute Gasteiger partial charge is 0.253 e. The zero-order valence-corrected chi connectivity index (χ0v) is 19.0. The van der Waals surface area contributed by atoms with Gasteiger partial charge >= 0.3 is 0 Å². The number of nitrogens with one attached hydrogen (secondary N) is 2. The Balaban J connectivity index is 2.00. The quantitative estimate of drug-likeness (QED) is 0.492. The largest absolute Gasteiger partial charge is 0.497 e. The number of rotatable bonds is 10. The van der Waals surface area contributed by atoms with Crippen LogP contribution < -0.4 is 15.4 Å². The van der Waals surface area contributed by atoms with Gasteiger partial charge in [0, 0.05) is 11.6 Å². The predicted molar refractivity (Wildman–Crippen MR) is 122 cm³/mol.